The minimum atomic E-state index is 0.172. The van der Waals surface area contributed by atoms with Gasteiger partial charge in [-0.25, -0.2) is 0 Å². The van der Waals surface area contributed by atoms with Crippen molar-refractivity contribution in [2.75, 3.05) is 33.0 Å². The molecule has 2 saturated heterocycles. The highest BCUT2D eigenvalue weighted by atomic mass is 16.7. The third-order valence-corrected chi connectivity index (χ3v) is 5.37. The van der Waals surface area contributed by atoms with Crippen molar-refractivity contribution in [3.63, 3.8) is 0 Å². The van der Waals surface area contributed by atoms with Crippen LogP contribution < -0.4 is 9.47 Å². The van der Waals surface area contributed by atoms with E-state index in [1.807, 2.05) is 6.07 Å². The lowest BCUT2D eigenvalue weighted by Crippen LogP contribution is -2.46. The molecule has 1 aromatic rings. The molecule has 1 aromatic carbocycles. The average molecular weight is 330 g/mol. The number of likely N-dealkylation sites (tertiary alicyclic amines) is 2. The minimum Gasteiger partial charge on any atom is -0.454 e. The minimum absolute atomic E-state index is 0.172. The molecule has 2 fully saturated rings. The van der Waals surface area contributed by atoms with Crippen molar-refractivity contribution in [3.05, 3.63) is 23.8 Å². The highest BCUT2D eigenvalue weighted by molar-refractivity contribution is 5.79. The number of nitrogens with zero attached hydrogens (tertiary/aromatic N) is 2. The molecule has 1 atom stereocenters. The molecule has 130 valence electrons. The van der Waals surface area contributed by atoms with Crippen molar-refractivity contribution in [2.45, 2.75) is 38.6 Å². The van der Waals surface area contributed by atoms with E-state index in [-0.39, 0.29) is 5.92 Å². The van der Waals surface area contributed by atoms with Gasteiger partial charge in [0.2, 0.25) is 12.7 Å². The van der Waals surface area contributed by atoms with Crippen molar-refractivity contribution in [1.82, 2.24) is 9.80 Å². The molecule has 3 heterocycles. The molecule has 0 aromatic heterocycles. The maximum absolute atomic E-state index is 12.8. The second-order valence-corrected chi connectivity index (χ2v) is 7.15. The first-order chi connectivity index (χ1) is 11.8. The van der Waals surface area contributed by atoms with E-state index in [0.29, 0.717) is 12.7 Å². The molecule has 0 bridgehead atoms. The number of piperidine rings is 2. The monoisotopic (exact) mass is 330 g/mol. The summed E-state index contributed by atoms with van der Waals surface area (Å²) in [5, 5.41) is 0. The van der Waals surface area contributed by atoms with Crippen LogP contribution in [0.15, 0.2) is 18.2 Å². The van der Waals surface area contributed by atoms with E-state index >= 15 is 0 Å². The van der Waals surface area contributed by atoms with Gasteiger partial charge in [0.25, 0.3) is 0 Å². The molecule has 0 spiro atoms. The number of fused-ring (bicyclic) bond motifs is 1. The maximum atomic E-state index is 12.8. The number of amides is 1. The second-order valence-electron chi connectivity index (χ2n) is 7.15. The molecule has 0 saturated carbocycles. The molecular formula is C19H26N2O3. The van der Waals surface area contributed by atoms with Crippen molar-refractivity contribution in [1.29, 1.82) is 0 Å². The van der Waals surface area contributed by atoms with Gasteiger partial charge in [-0.1, -0.05) is 6.07 Å². The second kappa shape index (κ2) is 7.01. The van der Waals surface area contributed by atoms with E-state index in [2.05, 4.69) is 21.9 Å². The molecule has 0 aliphatic carbocycles. The Morgan fingerprint density at radius 3 is 2.75 bits per heavy atom. The first-order valence-electron chi connectivity index (χ1n) is 9.19. The van der Waals surface area contributed by atoms with E-state index in [1.54, 1.807) is 0 Å². The summed E-state index contributed by atoms with van der Waals surface area (Å²) in [7, 11) is 0. The lowest BCUT2D eigenvalue weighted by Gasteiger charge is -2.36. The fourth-order valence-electron chi connectivity index (χ4n) is 4.07. The van der Waals surface area contributed by atoms with Gasteiger partial charge in [0, 0.05) is 26.2 Å². The number of ether oxygens (including phenoxy) is 2. The van der Waals surface area contributed by atoms with E-state index < -0.39 is 0 Å². The zero-order chi connectivity index (χ0) is 16.4. The maximum Gasteiger partial charge on any atom is 0.231 e. The summed E-state index contributed by atoms with van der Waals surface area (Å²) in [4.78, 5) is 17.3. The molecule has 0 radical (unpaired) electrons. The number of carbonyl (C=O) groups excluding carboxylic acids is 1. The van der Waals surface area contributed by atoms with Crippen LogP contribution in [0.25, 0.3) is 0 Å². The molecule has 5 nitrogen and oxygen atoms in total. The Kier molecular flexibility index (Phi) is 4.60. The quantitative estimate of drug-likeness (QED) is 0.854. The number of hydrogen-bond acceptors (Lipinski definition) is 4. The molecule has 3 aliphatic heterocycles. The lowest BCUT2D eigenvalue weighted by molar-refractivity contribution is -0.138. The molecule has 4 rings (SSSR count). The lowest BCUT2D eigenvalue weighted by atomic mass is 9.95. The number of hydrogen-bond donors (Lipinski definition) is 0. The summed E-state index contributed by atoms with van der Waals surface area (Å²) in [5.74, 6) is 2.22. The highest BCUT2D eigenvalue weighted by Crippen LogP contribution is 2.33. The normalized spacial score (nSPS) is 24.2. The summed E-state index contributed by atoms with van der Waals surface area (Å²) in [6.45, 7) is 5.05. The fourth-order valence-corrected chi connectivity index (χ4v) is 4.07. The largest absolute Gasteiger partial charge is 0.454 e. The Bertz CT molecular complexity index is 598. The van der Waals surface area contributed by atoms with Crippen LogP contribution in [-0.2, 0) is 11.3 Å². The third kappa shape index (κ3) is 3.36. The van der Waals surface area contributed by atoms with Gasteiger partial charge in [-0.3, -0.25) is 9.69 Å². The van der Waals surface area contributed by atoms with Crippen molar-refractivity contribution in [3.8, 4) is 11.5 Å². The fraction of sp³-hybridized carbons (Fsp3) is 0.632. The number of carbonyl (C=O) groups is 1. The van der Waals surface area contributed by atoms with Gasteiger partial charge in [0.15, 0.2) is 11.5 Å². The van der Waals surface area contributed by atoms with Crippen LogP contribution in [0.2, 0.25) is 0 Å². The molecule has 1 unspecified atom stereocenters. The Morgan fingerprint density at radius 1 is 1.04 bits per heavy atom. The molecule has 0 N–H and O–H groups in total. The van der Waals surface area contributed by atoms with Crippen LogP contribution in [0.4, 0.5) is 0 Å². The average Bonchev–Trinajstić information content (AvgIpc) is 3.10. The SMILES string of the molecule is O=C(C1CCCN(Cc2ccc3c(c2)OCO3)C1)N1CCCCC1. The van der Waals surface area contributed by atoms with E-state index in [1.165, 1.54) is 24.8 Å². The standard InChI is InChI=1S/C19H26N2O3/c22-19(21-9-2-1-3-10-21)16-5-4-8-20(13-16)12-15-6-7-17-18(11-15)24-14-23-17/h6-7,11,16H,1-5,8-10,12-14H2. The summed E-state index contributed by atoms with van der Waals surface area (Å²) < 4.78 is 10.8. The van der Waals surface area contributed by atoms with E-state index in [0.717, 1.165) is 57.1 Å². The van der Waals surface area contributed by atoms with Gasteiger partial charge >= 0.3 is 0 Å². The topological polar surface area (TPSA) is 42.0 Å². The van der Waals surface area contributed by atoms with Crippen LogP contribution in [0, 0.1) is 5.92 Å². The number of benzene rings is 1. The number of rotatable bonds is 3. The molecular weight excluding hydrogens is 304 g/mol. The van der Waals surface area contributed by atoms with Crippen LogP contribution in [-0.4, -0.2) is 48.7 Å². The molecule has 3 aliphatic rings. The van der Waals surface area contributed by atoms with Gasteiger partial charge in [-0.05, 0) is 56.3 Å². The molecule has 1 amide bonds. The third-order valence-electron chi connectivity index (χ3n) is 5.37. The Morgan fingerprint density at radius 2 is 1.88 bits per heavy atom. The van der Waals surface area contributed by atoms with E-state index in [4.69, 9.17) is 9.47 Å². The zero-order valence-electron chi connectivity index (χ0n) is 14.2. The zero-order valence-corrected chi connectivity index (χ0v) is 14.2. The van der Waals surface area contributed by atoms with Crippen molar-refractivity contribution < 1.29 is 14.3 Å². The van der Waals surface area contributed by atoms with Crippen LogP contribution in [0.1, 0.15) is 37.7 Å². The van der Waals surface area contributed by atoms with Gasteiger partial charge in [-0.15, -0.1) is 0 Å². The Labute approximate surface area is 143 Å². The van der Waals surface area contributed by atoms with Gasteiger partial charge < -0.3 is 14.4 Å². The molecule has 5 heteroatoms. The Hall–Kier alpha value is -1.75. The van der Waals surface area contributed by atoms with Crippen LogP contribution in [0.5, 0.6) is 11.5 Å². The van der Waals surface area contributed by atoms with Gasteiger partial charge in [0.1, 0.15) is 0 Å². The van der Waals surface area contributed by atoms with Crippen LogP contribution >= 0.6 is 0 Å². The van der Waals surface area contributed by atoms with Crippen LogP contribution in [0.3, 0.4) is 0 Å². The highest BCUT2D eigenvalue weighted by Gasteiger charge is 2.30. The van der Waals surface area contributed by atoms with Gasteiger partial charge in [0.05, 0.1) is 5.92 Å². The predicted octanol–water partition coefficient (Wildman–Crippen LogP) is 2.64. The van der Waals surface area contributed by atoms with Crippen molar-refractivity contribution >= 4 is 5.91 Å². The van der Waals surface area contributed by atoms with E-state index in [9.17, 15) is 4.79 Å². The van der Waals surface area contributed by atoms with Crippen molar-refractivity contribution in [2.24, 2.45) is 5.92 Å². The summed E-state index contributed by atoms with van der Waals surface area (Å²) >= 11 is 0. The predicted molar refractivity (Wildman–Crippen MR) is 91.0 cm³/mol. The first-order valence-corrected chi connectivity index (χ1v) is 9.19. The summed E-state index contributed by atoms with van der Waals surface area (Å²) in [6.07, 6.45) is 5.74. The summed E-state index contributed by atoms with van der Waals surface area (Å²) in [6, 6.07) is 6.15. The molecule has 24 heavy (non-hydrogen) atoms. The smallest absolute Gasteiger partial charge is 0.231 e. The summed E-state index contributed by atoms with van der Waals surface area (Å²) in [5.41, 5.74) is 1.23. The Balaban J connectivity index is 1.37. The first kappa shape index (κ1) is 15.8. The van der Waals surface area contributed by atoms with Gasteiger partial charge in [-0.2, -0.15) is 0 Å².